The van der Waals surface area contributed by atoms with Crippen molar-refractivity contribution in [3.63, 3.8) is 0 Å². The summed E-state index contributed by atoms with van der Waals surface area (Å²) >= 11 is 0. The lowest BCUT2D eigenvalue weighted by atomic mass is 9.77. The SMILES string of the molecule is CC(C)COC(=O)CC1CCC(c2ccc(C(=O)O)cc2)CC1. The van der Waals surface area contributed by atoms with Gasteiger partial charge in [-0.05, 0) is 61.1 Å². The van der Waals surface area contributed by atoms with Crippen LogP contribution >= 0.6 is 0 Å². The first-order chi connectivity index (χ1) is 11.0. The Morgan fingerprint density at radius 2 is 1.74 bits per heavy atom. The van der Waals surface area contributed by atoms with Gasteiger partial charge in [-0.2, -0.15) is 0 Å². The summed E-state index contributed by atoms with van der Waals surface area (Å²) in [7, 11) is 0. The standard InChI is InChI=1S/C19H26O4/c1-13(2)12-23-18(20)11-14-3-5-15(6-4-14)16-7-9-17(10-8-16)19(21)22/h7-10,13-15H,3-6,11-12H2,1-2H3,(H,21,22). The van der Waals surface area contributed by atoms with E-state index in [2.05, 4.69) is 0 Å². The van der Waals surface area contributed by atoms with E-state index >= 15 is 0 Å². The van der Waals surface area contributed by atoms with Crippen LogP contribution in [0.1, 0.15) is 67.8 Å². The quantitative estimate of drug-likeness (QED) is 0.797. The van der Waals surface area contributed by atoms with Crippen molar-refractivity contribution in [2.24, 2.45) is 11.8 Å². The lowest BCUT2D eigenvalue weighted by molar-refractivity contribution is -0.146. The van der Waals surface area contributed by atoms with Crippen LogP contribution in [0, 0.1) is 11.8 Å². The average Bonchev–Trinajstić information content (AvgIpc) is 2.54. The molecule has 0 unspecified atom stereocenters. The van der Waals surface area contributed by atoms with E-state index in [1.807, 2.05) is 26.0 Å². The number of hydrogen-bond donors (Lipinski definition) is 1. The normalized spacial score (nSPS) is 21.2. The minimum Gasteiger partial charge on any atom is -0.478 e. The third-order valence-corrected chi connectivity index (χ3v) is 4.51. The van der Waals surface area contributed by atoms with E-state index in [0.717, 1.165) is 25.7 Å². The van der Waals surface area contributed by atoms with Gasteiger partial charge in [0.05, 0.1) is 12.2 Å². The van der Waals surface area contributed by atoms with Gasteiger partial charge in [-0.25, -0.2) is 4.79 Å². The van der Waals surface area contributed by atoms with Gasteiger partial charge in [0.1, 0.15) is 0 Å². The first-order valence-electron chi connectivity index (χ1n) is 8.44. The van der Waals surface area contributed by atoms with Crippen molar-refractivity contribution in [2.45, 2.75) is 51.9 Å². The second-order valence-corrected chi connectivity index (χ2v) is 6.93. The van der Waals surface area contributed by atoms with E-state index in [4.69, 9.17) is 9.84 Å². The summed E-state index contributed by atoms with van der Waals surface area (Å²) < 4.78 is 5.26. The van der Waals surface area contributed by atoms with Gasteiger partial charge in [-0.15, -0.1) is 0 Å². The molecule has 126 valence electrons. The molecular formula is C19H26O4. The highest BCUT2D eigenvalue weighted by Crippen LogP contribution is 2.37. The molecule has 1 fully saturated rings. The minimum atomic E-state index is -0.889. The smallest absolute Gasteiger partial charge is 0.335 e. The van der Waals surface area contributed by atoms with E-state index in [1.54, 1.807) is 12.1 Å². The average molecular weight is 318 g/mol. The van der Waals surface area contributed by atoms with Crippen LogP contribution in [0.5, 0.6) is 0 Å². The number of aromatic carboxylic acids is 1. The Hall–Kier alpha value is -1.84. The molecule has 0 saturated heterocycles. The Labute approximate surface area is 137 Å². The highest BCUT2D eigenvalue weighted by molar-refractivity contribution is 5.87. The number of rotatable bonds is 6. The third-order valence-electron chi connectivity index (χ3n) is 4.51. The number of carboxylic acid groups (broad SMARTS) is 1. The van der Waals surface area contributed by atoms with Crippen LogP contribution in [0.25, 0.3) is 0 Å². The highest BCUT2D eigenvalue weighted by atomic mass is 16.5. The van der Waals surface area contributed by atoms with Crippen LogP contribution in [0.3, 0.4) is 0 Å². The molecule has 1 saturated carbocycles. The van der Waals surface area contributed by atoms with Crippen LogP contribution < -0.4 is 0 Å². The van der Waals surface area contributed by atoms with Gasteiger partial charge in [-0.1, -0.05) is 26.0 Å². The summed E-state index contributed by atoms with van der Waals surface area (Å²) in [5.74, 6) is 0.307. The summed E-state index contributed by atoms with van der Waals surface area (Å²) in [4.78, 5) is 22.7. The zero-order valence-corrected chi connectivity index (χ0v) is 14.0. The molecule has 23 heavy (non-hydrogen) atoms. The maximum Gasteiger partial charge on any atom is 0.335 e. The molecule has 1 aromatic carbocycles. The molecule has 0 spiro atoms. The van der Waals surface area contributed by atoms with Gasteiger partial charge in [0.25, 0.3) is 0 Å². The number of hydrogen-bond acceptors (Lipinski definition) is 3. The molecule has 0 atom stereocenters. The van der Waals surface area contributed by atoms with Gasteiger partial charge in [0.2, 0.25) is 0 Å². The Morgan fingerprint density at radius 3 is 2.26 bits per heavy atom. The molecule has 0 radical (unpaired) electrons. The third kappa shape index (κ3) is 5.38. The van der Waals surface area contributed by atoms with Crippen molar-refractivity contribution in [1.29, 1.82) is 0 Å². The summed E-state index contributed by atoms with van der Waals surface area (Å²) in [5.41, 5.74) is 1.53. The molecule has 0 heterocycles. The molecular weight excluding hydrogens is 292 g/mol. The molecule has 0 bridgehead atoms. The molecule has 1 N–H and O–H groups in total. The largest absolute Gasteiger partial charge is 0.478 e. The Bertz CT molecular complexity index is 525. The number of carbonyl (C=O) groups is 2. The van der Waals surface area contributed by atoms with Gasteiger partial charge in [0, 0.05) is 6.42 Å². The second kappa shape index (κ2) is 8.14. The first kappa shape index (κ1) is 17.5. The van der Waals surface area contributed by atoms with Gasteiger partial charge < -0.3 is 9.84 Å². The second-order valence-electron chi connectivity index (χ2n) is 6.93. The lowest BCUT2D eigenvalue weighted by Gasteiger charge is -2.28. The van der Waals surface area contributed by atoms with Crippen LogP contribution in [-0.4, -0.2) is 23.7 Å². The number of benzene rings is 1. The van der Waals surface area contributed by atoms with Crippen molar-refractivity contribution in [3.05, 3.63) is 35.4 Å². The maximum atomic E-state index is 11.8. The summed E-state index contributed by atoms with van der Waals surface area (Å²) in [6.45, 7) is 4.58. The van der Waals surface area contributed by atoms with Gasteiger partial charge >= 0.3 is 11.9 Å². The van der Waals surface area contributed by atoms with E-state index in [9.17, 15) is 9.59 Å². The number of esters is 1. The van der Waals surface area contributed by atoms with Crippen molar-refractivity contribution in [1.82, 2.24) is 0 Å². The van der Waals surface area contributed by atoms with Crippen LogP contribution in [0.2, 0.25) is 0 Å². The van der Waals surface area contributed by atoms with Crippen molar-refractivity contribution >= 4 is 11.9 Å². The fourth-order valence-electron chi connectivity index (χ4n) is 3.15. The number of carboxylic acids is 1. The Kier molecular flexibility index (Phi) is 6.20. The molecule has 1 aromatic rings. The molecule has 0 amide bonds. The van der Waals surface area contributed by atoms with E-state index in [0.29, 0.717) is 36.3 Å². The topological polar surface area (TPSA) is 63.6 Å². The minimum absolute atomic E-state index is 0.0760. The van der Waals surface area contributed by atoms with Crippen LogP contribution in [-0.2, 0) is 9.53 Å². The van der Waals surface area contributed by atoms with E-state index in [1.165, 1.54) is 5.56 Å². The summed E-state index contributed by atoms with van der Waals surface area (Å²) in [6, 6.07) is 7.19. The fourth-order valence-corrected chi connectivity index (χ4v) is 3.15. The zero-order valence-electron chi connectivity index (χ0n) is 14.0. The monoisotopic (exact) mass is 318 g/mol. The molecule has 4 nitrogen and oxygen atoms in total. The van der Waals surface area contributed by atoms with Crippen LogP contribution in [0.15, 0.2) is 24.3 Å². The molecule has 4 heteroatoms. The van der Waals surface area contributed by atoms with E-state index in [-0.39, 0.29) is 5.97 Å². The molecule has 0 aliphatic heterocycles. The molecule has 1 aliphatic rings. The van der Waals surface area contributed by atoms with Crippen molar-refractivity contribution < 1.29 is 19.4 Å². The van der Waals surface area contributed by atoms with Crippen molar-refractivity contribution in [2.75, 3.05) is 6.61 Å². The van der Waals surface area contributed by atoms with E-state index < -0.39 is 5.97 Å². The fraction of sp³-hybridized carbons (Fsp3) is 0.579. The highest BCUT2D eigenvalue weighted by Gasteiger charge is 2.24. The first-order valence-corrected chi connectivity index (χ1v) is 8.44. The molecule has 2 rings (SSSR count). The van der Waals surface area contributed by atoms with Gasteiger partial charge in [0.15, 0.2) is 0 Å². The lowest BCUT2D eigenvalue weighted by Crippen LogP contribution is -2.19. The number of ether oxygens (including phenoxy) is 1. The molecule has 0 aromatic heterocycles. The maximum absolute atomic E-state index is 11.8. The molecule has 1 aliphatic carbocycles. The van der Waals surface area contributed by atoms with Crippen LogP contribution in [0.4, 0.5) is 0 Å². The Morgan fingerprint density at radius 1 is 1.13 bits per heavy atom. The predicted molar refractivity (Wildman–Crippen MR) is 88.5 cm³/mol. The van der Waals surface area contributed by atoms with Crippen molar-refractivity contribution in [3.8, 4) is 0 Å². The zero-order chi connectivity index (χ0) is 16.8. The Balaban J connectivity index is 1.79. The van der Waals surface area contributed by atoms with Gasteiger partial charge in [-0.3, -0.25) is 4.79 Å². The predicted octanol–water partition coefficient (Wildman–Crippen LogP) is 4.25. The summed E-state index contributed by atoms with van der Waals surface area (Å²) in [5, 5.41) is 8.94. The summed E-state index contributed by atoms with van der Waals surface area (Å²) in [6.07, 6.45) is 4.69. The number of carbonyl (C=O) groups excluding carboxylic acids is 1.